The number of benzene rings is 3. The third-order valence-electron chi connectivity index (χ3n) is 3.98. The van der Waals surface area contributed by atoms with Crippen LogP contribution < -0.4 is 10.7 Å². The van der Waals surface area contributed by atoms with Crippen LogP contribution in [0.2, 0.25) is 0 Å². The highest BCUT2D eigenvalue weighted by atomic mass is 15.4. The second kappa shape index (κ2) is 5.97. The standard InChI is InChI=1S/C20H17N3/c1-3-7-15(8-4-1)16-11-13-18(14-12-16)20-21-19(22-23-20)17-9-5-2-6-10-17/h1-14,19,22H,(H,21,23). The van der Waals surface area contributed by atoms with Crippen LogP contribution in [0.3, 0.4) is 0 Å². The van der Waals surface area contributed by atoms with Crippen LogP contribution in [-0.2, 0) is 0 Å². The third kappa shape index (κ3) is 2.81. The SMILES string of the molecule is c1ccc(-c2ccc(C3=NNC(c4ccccc4)N3)cc2)cc1. The molecule has 0 radical (unpaired) electrons. The zero-order chi connectivity index (χ0) is 15.5. The molecule has 112 valence electrons. The molecule has 3 nitrogen and oxygen atoms in total. The highest BCUT2D eigenvalue weighted by molar-refractivity contribution is 6.00. The third-order valence-corrected chi connectivity index (χ3v) is 3.98. The van der Waals surface area contributed by atoms with Crippen LogP contribution >= 0.6 is 0 Å². The fraction of sp³-hybridized carbons (Fsp3) is 0.0500. The molecule has 0 saturated heterocycles. The average Bonchev–Trinajstić information content (AvgIpc) is 3.14. The molecule has 3 aromatic rings. The number of hydrogen-bond donors (Lipinski definition) is 2. The van der Waals surface area contributed by atoms with E-state index in [2.05, 4.69) is 76.5 Å². The van der Waals surface area contributed by atoms with Crippen molar-refractivity contribution < 1.29 is 0 Å². The van der Waals surface area contributed by atoms with Gasteiger partial charge in [-0.15, -0.1) is 0 Å². The first-order chi connectivity index (χ1) is 11.4. The Bertz CT molecular complexity index is 809. The Morgan fingerprint density at radius 2 is 1.17 bits per heavy atom. The average molecular weight is 299 g/mol. The van der Waals surface area contributed by atoms with E-state index in [-0.39, 0.29) is 6.17 Å². The number of nitrogens with one attached hydrogen (secondary N) is 2. The molecule has 0 amide bonds. The molecule has 23 heavy (non-hydrogen) atoms. The number of rotatable bonds is 3. The van der Waals surface area contributed by atoms with Crippen LogP contribution in [0, 0.1) is 0 Å². The summed E-state index contributed by atoms with van der Waals surface area (Å²) in [6.07, 6.45) is 0.0278. The minimum Gasteiger partial charge on any atom is -0.343 e. The van der Waals surface area contributed by atoms with E-state index in [1.807, 2.05) is 24.3 Å². The van der Waals surface area contributed by atoms with E-state index >= 15 is 0 Å². The van der Waals surface area contributed by atoms with Gasteiger partial charge >= 0.3 is 0 Å². The maximum atomic E-state index is 4.42. The highest BCUT2D eigenvalue weighted by Crippen LogP contribution is 2.21. The summed E-state index contributed by atoms with van der Waals surface area (Å²) < 4.78 is 0. The second-order valence-corrected chi connectivity index (χ2v) is 5.52. The van der Waals surface area contributed by atoms with Crippen LogP contribution in [0.1, 0.15) is 17.3 Å². The maximum absolute atomic E-state index is 4.42. The Hall–Kier alpha value is -3.07. The molecule has 0 spiro atoms. The smallest absolute Gasteiger partial charge is 0.155 e. The molecule has 3 aromatic carbocycles. The summed E-state index contributed by atoms with van der Waals surface area (Å²) in [7, 11) is 0. The first-order valence-electron chi connectivity index (χ1n) is 7.71. The largest absolute Gasteiger partial charge is 0.343 e. The van der Waals surface area contributed by atoms with Gasteiger partial charge in [0.1, 0.15) is 6.17 Å². The Kier molecular flexibility index (Phi) is 3.53. The first-order valence-corrected chi connectivity index (χ1v) is 7.71. The van der Waals surface area contributed by atoms with Gasteiger partial charge in [0.2, 0.25) is 0 Å². The van der Waals surface area contributed by atoms with Gasteiger partial charge in [0.15, 0.2) is 5.84 Å². The van der Waals surface area contributed by atoms with E-state index in [0.29, 0.717) is 0 Å². The lowest BCUT2D eigenvalue weighted by molar-refractivity contribution is 0.574. The van der Waals surface area contributed by atoms with Crippen LogP contribution in [0.25, 0.3) is 11.1 Å². The van der Waals surface area contributed by atoms with Gasteiger partial charge < -0.3 is 5.32 Å². The molecule has 3 heteroatoms. The van der Waals surface area contributed by atoms with Gasteiger partial charge in [-0.1, -0.05) is 84.9 Å². The van der Waals surface area contributed by atoms with Crippen molar-refractivity contribution in [1.82, 2.24) is 10.7 Å². The van der Waals surface area contributed by atoms with Crippen LogP contribution in [0.5, 0.6) is 0 Å². The van der Waals surface area contributed by atoms with E-state index in [9.17, 15) is 0 Å². The van der Waals surface area contributed by atoms with Crippen molar-refractivity contribution in [3.63, 3.8) is 0 Å². The molecule has 1 unspecified atom stereocenters. The van der Waals surface area contributed by atoms with Crippen molar-refractivity contribution in [3.05, 3.63) is 96.1 Å². The lowest BCUT2D eigenvalue weighted by Gasteiger charge is -2.12. The first kappa shape index (κ1) is 13.6. The quantitative estimate of drug-likeness (QED) is 0.769. The van der Waals surface area contributed by atoms with Gasteiger partial charge in [0, 0.05) is 5.56 Å². The fourth-order valence-corrected chi connectivity index (χ4v) is 2.73. The van der Waals surface area contributed by atoms with Crippen LogP contribution in [-0.4, -0.2) is 5.84 Å². The van der Waals surface area contributed by atoms with E-state index in [4.69, 9.17) is 0 Å². The molecule has 0 saturated carbocycles. The van der Waals surface area contributed by atoms with E-state index in [1.54, 1.807) is 0 Å². The van der Waals surface area contributed by atoms with Crippen LogP contribution in [0.4, 0.5) is 0 Å². The molecule has 0 bridgehead atoms. The molecule has 2 N–H and O–H groups in total. The number of hydrogen-bond acceptors (Lipinski definition) is 3. The Morgan fingerprint density at radius 1 is 0.609 bits per heavy atom. The number of nitrogens with zero attached hydrogens (tertiary/aromatic N) is 1. The molecular formula is C20H17N3. The molecule has 0 aromatic heterocycles. The fourth-order valence-electron chi connectivity index (χ4n) is 2.73. The maximum Gasteiger partial charge on any atom is 0.155 e. The minimum atomic E-state index is 0.0278. The number of hydrazone groups is 1. The van der Waals surface area contributed by atoms with Crippen LogP contribution in [0.15, 0.2) is 90.0 Å². The van der Waals surface area contributed by atoms with Crippen molar-refractivity contribution in [1.29, 1.82) is 0 Å². The van der Waals surface area contributed by atoms with Crippen molar-refractivity contribution in [3.8, 4) is 11.1 Å². The van der Waals surface area contributed by atoms with E-state index in [1.165, 1.54) is 16.7 Å². The summed E-state index contributed by atoms with van der Waals surface area (Å²) in [6, 6.07) is 29.1. The summed E-state index contributed by atoms with van der Waals surface area (Å²) in [5.41, 5.74) is 7.83. The van der Waals surface area contributed by atoms with Gasteiger partial charge in [-0.05, 0) is 16.7 Å². The van der Waals surface area contributed by atoms with Crippen molar-refractivity contribution in [2.24, 2.45) is 5.10 Å². The highest BCUT2D eigenvalue weighted by Gasteiger charge is 2.19. The Balaban J connectivity index is 1.51. The lowest BCUT2D eigenvalue weighted by atomic mass is 10.0. The summed E-state index contributed by atoms with van der Waals surface area (Å²) in [5.74, 6) is 0.874. The Labute approximate surface area is 135 Å². The molecule has 0 fully saturated rings. The van der Waals surface area contributed by atoms with Gasteiger partial charge in [-0.2, -0.15) is 5.10 Å². The van der Waals surface area contributed by atoms with Crippen molar-refractivity contribution in [2.45, 2.75) is 6.17 Å². The van der Waals surface area contributed by atoms with Crippen molar-refractivity contribution >= 4 is 5.84 Å². The van der Waals surface area contributed by atoms with Gasteiger partial charge in [0.25, 0.3) is 0 Å². The Morgan fingerprint density at radius 3 is 1.87 bits per heavy atom. The molecule has 1 heterocycles. The van der Waals surface area contributed by atoms with E-state index in [0.717, 1.165) is 11.4 Å². The lowest BCUT2D eigenvalue weighted by Crippen LogP contribution is -2.27. The topological polar surface area (TPSA) is 36.4 Å². The monoisotopic (exact) mass is 299 g/mol. The minimum absolute atomic E-state index is 0.0278. The summed E-state index contributed by atoms with van der Waals surface area (Å²) in [4.78, 5) is 0. The predicted molar refractivity (Wildman–Crippen MR) is 93.9 cm³/mol. The van der Waals surface area contributed by atoms with Gasteiger partial charge in [-0.3, -0.25) is 5.43 Å². The van der Waals surface area contributed by atoms with E-state index < -0.39 is 0 Å². The molecule has 1 aliphatic rings. The molecule has 0 aliphatic carbocycles. The molecule has 1 aliphatic heterocycles. The second-order valence-electron chi connectivity index (χ2n) is 5.52. The zero-order valence-electron chi connectivity index (χ0n) is 12.6. The predicted octanol–water partition coefficient (Wildman–Crippen LogP) is 3.91. The van der Waals surface area contributed by atoms with Gasteiger partial charge in [0.05, 0.1) is 0 Å². The van der Waals surface area contributed by atoms with Gasteiger partial charge in [-0.25, -0.2) is 0 Å². The zero-order valence-corrected chi connectivity index (χ0v) is 12.6. The molecule has 4 rings (SSSR count). The summed E-state index contributed by atoms with van der Waals surface area (Å²) in [5, 5.41) is 7.84. The molecular weight excluding hydrogens is 282 g/mol. The summed E-state index contributed by atoms with van der Waals surface area (Å²) in [6.45, 7) is 0. The number of amidine groups is 1. The normalized spacial score (nSPS) is 16.3. The van der Waals surface area contributed by atoms with Crippen molar-refractivity contribution in [2.75, 3.05) is 0 Å². The molecule has 1 atom stereocenters. The summed E-state index contributed by atoms with van der Waals surface area (Å²) >= 11 is 0.